The van der Waals surface area contributed by atoms with Gasteiger partial charge in [0.2, 0.25) is 0 Å². The molecule has 0 saturated heterocycles. The number of rotatable bonds is 3. The second kappa shape index (κ2) is 5.78. The quantitative estimate of drug-likeness (QED) is 0.942. The van der Waals surface area contributed by atoms with E-state index in [0.29, 0.717) is 11.4 Å². The van der Waals surface area contributed by atoms with Crippen LogP contribution in [-0.2, 0) is 11.2 Å². The maximum atomic E-state index is 12.3. The van der Waals surface area contributed by atoms with E-state index >= 15 is 0 Å². The Kier molecular flexibility index (Phi) is 3.84. The first-order valence-electron chi connectivity index (χ1n) is 6.94. The van der Waals surface area contributed by atoms with Crippen molar-refractivity contribution >= 4 is 17.5 Å². The summed E-state index contributed by atoms with van der Waals surface area (Å²) in [6.07, 6.45) is 0.0769. The van der Waals surface area contributed by atoms with E-state index in [0.717, 1.165) is 16.9 Å². The Morgan fingerprint density at radius 3 is 2.81 bits per heavy atom. The molecule has 1 aliphatic heterocycles. The maximum absolute atomic E-state index is 12.3. The Morgan fingerprint density at radius 2 is 2.05 bits per heavy atom. The van der Waals surface area contributed by atoms with Crippen LogP contribution in [0, 0.1) is 0 Å². The summed E-state index contributed by atoms with van der Waals surface area (Å²) in [6.45, 7) is 1.96. The van der Waals surface area contributed by atoms with Gasteiger partial charge < -0.3 is 10.1 Å². The minimum Gasteiger partial charge on any atom is -0.480 e. The number of ether oxygens (including phenoxy) is 1. The molecule has 4 heteroatoms. The summed E-state index contributed by atoms with van der Waals surface area (Å²) in [5.74, 6) is 0.644. The molecule has 0 aromatic heterocycles. The van der Waals surface area contributed by atoms with Crippen molar-refractivity contribution in [2.24, 2.45) is 0 Å². The van der Waals surface area contributed by atoms with Crippen molar-refractivity contribution in [3.8, 4) is 5.75 Å². The van der Waals surface area contributed by atoms with Crippen molar-refractivity contribution in [1.82, 2.24) is 5.32 Å². The van der Waals surface area contributed by atoms with Gasteiger partial charge in [-0.25, -0.2) is 0 Å². The normalized spacial score (nSPS) is 17.7. The van der Waals surface area contributed by atoms with Crippen LogP contribution in [0.25, 0.3) is 0 Å². The molecule has 21 heavy (non-hydrogen) atoms. The highest BCUT2D eigenvalue weighted by Gasteiger charge is 2.29. The molecule has 108 valence electrons. The van der Waals surface area contributed by atoms with Gasteiger partial charge in [-0.1, -0.05) is 41.9 Å². The monoisotopic (exact) mass is 301 g/mol. The van der Waals surface area contributed by atoms with Crippen LogP contribution in [0.5, 0.6) is 5.75 Å². The van der Waals surface area contributed by atoms with Crippen LogP contribution in [0.1, 0.15) is 24.1 Å². The van der Waals surface area contributed by atoms with Crippen LogP contribution in [0.2, 0.25) is 5.02 Å². The lowest BCUT2D eigenvalue weighted by Crippen LogP contribution is -2.38. The molecule has 0 fully saturated rings. The third-order valence-electron chi connectivity index (χ3n) is 3.65. The maximum Gasteiger partial charge on any atom is 0.261 e. The minimum atomic E-state index is -0.482. The fraction of sp³-hybridized carbons (Fsp3) is 0.235. The van der Waals surface area contributed by atoms with Gasteiger partial charge in [-0.05, 0) is 36.2 Å². The second-order valence-corrected chi connectivity index (χ2v) is 5.64. The van der Waals surface area contributed by atoms with Gasteiger partial charge in [0.15, 0.2) is 6.10 Å². The van der Waals surface area contributed by atoms with Crippen LogP contribution in [-0.4, -0.2) is 12.0 Å². The van der Waals surface area contributed by atoms with E-state index in [9.17, 15) is 4.79 Å². The van der Waals surface area contributed by atoms with Crippen molar-refractivity contribution in [2.75, 3.05) is 0 Å². The highest BCUT2D eigenvalue weighted by atomic mass is 35.5. The first-order chi connectivity index (χ1) is 10.1. The summed E-state index contributed by atoms with van der Waals surface area (Å²) in [4.78, 5) is 12.3. The molecule has 0 spiro atoms. The van der Waals surface area contributed by atoms with Crippen molar-refractivity contribution in [3.05, 3.63) is 64.7 Å². The summed E-state index contributed by atoms with van der Waals surface area (Å²) in [5.41, 5.74) is 2.06. The average Bonchev–Trinajstić information content (AvgIpc) is 2.91. The summed E-state index contributed by atoms with van der Waals surface area (Å²) < 4.78 is 5.69. The molecular weight excluding hydrogens is 286 g/mol. The zero-order chi connectivity index (χ0) is 14.8. The standard InChI is InChI=1S/C17H16ClNO2/c1-11(12-5-3-2-4-6-12)19-17(20)16-10-13-9-14(18)7-8-15(13)21-16/h2-9,11,16H,10H2,1H3,(H,19,20)/t11-,16-/m0/s1. The number of hydrogen-bond acceptors (Lipinski definition) is 2. The molecule has 1 aliphatic rings. The molecule has 0 radical (unpaired) electrons. The third-order valence-corrected chi connectivity index (χ3v) is 3.88. The Hall–Kier alpha value is -2.00. The molecule has 0 bridgehead atoms. The lowest BCUT2D eigenvalue weighted by atomic mass is 10.1. The van der Waals surface area contributed by atoms with Gasteiger partial charge in [0.1, 0.15) is 5.75 Å². The lowest BCUT2D eigenvalue weighted by molar-refractivity contribution is -0.127. The first-order valence-corrected chi connectivity index (χ1v) is 7.31. The molecule has 2 aromatic rings. The van der Waals surface area contributed by atoms with E-state index in [1.807, 2.05) is 49.4 Å². The number of carbonyl (C=O) groups is 1. The van der Waals surface area contributed by atoms with Gasteiger partial charge >= 0.3 is 0 Å². The molecule has 1 N–H and O–H groups in total. The smallest absolute Gasteiger partial charge is 0.261 e. The van der Waals surface area contributed by atoms with Gasteiger partial charge in [-0.2, -0.15) is 0 Å². The van der Waals surface area contributed by atoms with Crippen LogP contribution in [0.15, 0.2) is 48.5 Å². The molecule has 1 amide bonds. The molecule has 3 nitrogen and oxygen atoms in total. The number of carbonyl (C=O) groups excluding carboxylic acids is 1. The molecule has 1 heterocycles. The highest BCUT2D eigenvalue weighted by molar-refractivity contribution is 6.30. The topological polar surface area (TPSA) is 38.3 Å². The van der Waals surface area contributed by atoms with Crippen LogP contribution in [0.3, 0.4) is 0 Å². The zero-order valence-corrected chi connectivity index (χ0v) is 12.4. The largest absolute Gasteiger partial charge is 0.480 e. The van der Waals surface area contributed by atoms with Crippen LogP contribution < -0.4 is 10.1 Å². The Morgan fingerprint density at radius 1 is 1.29 bits per heavy atom. The fourth-order valence-corrected chi connectivity index (χ4v) is 2.69. The van der Waals surface area contributed by atoms with Crippen molar-refractivity contribution in [1.29, 1.82) is 0 Å². The molecule has 2 aromatic carbocycles. The summed E-state index contributed by atoms with van der Waals surface area (Å²) in [5, 5.41) is 3.65. The van der Waals surface area contributed by atoms with Crippen molar-refractivity contribution in [3.63, 3.8) is 0 Å². The van der Waals surface area contributed by atoms with Gasteiger partial charge in [0, 0.05) is 11.4 Å². The van der Waals surface area contributed by atoms with Crippen molar-refractivity contribution < 1.29 is 9.53 Å². The van der Waals surface area contributed by atoms with Gasteiger partial charge in [0.25, 0.3) is 5.91 Å². The molecular formula is C17H16ClNO2. The molecule has 0 aliphatic carbocycles. The van der Waals surface area contributed by atoms with E-state index in [2.05, 4.69) is 5.32 Å². The summed E-state index contributed by atoms with van der Waals surface area (Å²) in [6, 6.07) is 15.3. The molecule has 0 unspecified atom stereocenters. The Bertz CT molecular complexity index is 657. The molecule has 2 atom stereocenters. The van der Waals surface area contributed by atoms with Crippen LogP contribution >= 0.6 is 11.6 Å². The second-order valence-electron chi connectivity index (χ2n) is 5.20. The molecule has 0 saturated carbocycles. The van der Waals surface area contributed by atoms with Gasteiger partial charge in [-0.3, -0.25) is 4.79 Å². The number of hydrogen-bond donors (Lipinski definition) is 1. The average molecular weight is 302 g/mol. The van der Waals surface area contributed by atoms with E-state index in [1.165, 1.54) is 0 Å². The summed E-state index contributed by atoms with van der Waals surface area (Å²) in [7, 11) is 0. The van der Waals surface area contributed by atoms with Crippen molar-refractivity contribution in [2.45, 2.75) is 25.5 Å². The number of nitrogens with one attached hydrogen (secondary N) is 1. The van der Waals surface area contributed by atoms with E-state index in [4.69, 9.17) is 16.3 Å². The number of benzene rings is 2. The minimum absolute atomic E-state index is 0.0467. The Labute approximate surface area is 128 Å². The Balaban J connectivity index is 1.65. The predicted molar refractivity (Wildman–Crippen MR) is 82.6 cm³/mol. The van der Waals surface area contributed by atoms with Gasteiger partial charge in [-0.15, -0.1) is 0 Å². The van der Waals surface area contributed by atoms with E-state index in [-0.39, 0.29) is 11.9 Å². The van der Waals surface area contributed by atoms with Crippen LogP contribution in [0.4, 0.5) is 0 Å². The van der Waals surface area contributed by atoms with E-state index < -0.39 is 6.10 Å². The number of amides is 1. The van der Waals surface area contributed by atoms with E-state index in [1.54, 1.807) is 6.07 Å². The van der Waals surface area contributed by atoms with Gasteiger partial charge in [0.05, 0.1) is 6.04 Å². The molecule has 3 rings (SSSR count). The first kappa shape index (κ1) is 14.0. The number of fused-ring (bicyclic) bond motifs is 1. The fourth-order valence-electron chi connectivity index (χ4n) is 2.49. The predicted octanol–water partition coefficient (Wildman–Crippen LogP) is 3.52. The lowest BCUT2D eigenvalue weighted by Gasteiger charge is -2.17. The third kappa shape index (κ3) is 3.03. The summed E-state index contributed by atoms with van der Waals surface area (Å²) >= 11 is 5.96. The number of halogens is 1. The zero-order valence-electron chi connectivity index (χ0n) is 11.7. The highest BCUT2D eigenvalue weighted by Crippen LogP contribution is 2.31. The SMILES string of the molecule is C[C@H](NC(=O)[C@@H]1Cc2cc(Cl)ccc2O1)c1ccccc1.